The number of carboxylic acid groups (broad SMARTS) is 1. The molecule has 0 radical (unpaired) electrons. The monoisotopic (exact) mass is 229 g/mol. The van der Waals surface area contributed by atoms with E-state index in [1.807, 2.05) is 6.92 Å². The Kier molecular flexibility index (Phi) is 4.29. The number of amides is 1. The van der Waals surface area contributed by atoms with E-state index < -0.39 is 5.97 Å². The number of carbonyl (C=O) groups excluding carboxylic acids is 1. The third-order valence-electron chi connectivity index (χ3n) is 3.26. The van der Waals surface area contributed by atoms with Gasteiger partial charge in [-0.1, -0.05) is 6.92 Å². The van der Waals surface area contributed by atoms with Gasteiger partial charge in [-0.2, -0.15) is 0 Å². The minimum atomic E-state index is -0.939. The average molecular weight is 229 g/mol. The Balaban J connectivity index is 2.36. The quantitative estimate of drug-likeness (QED) is 0.734. The lowest BCUT2D eigenvalue weighted by molar-refractivity contribution is -0.141. The van der Waals surface area contributed by atoms with E-state index in [9.17, 15) is 14.7 Å². The van der Waals surface area contributed by atoms with Crippen molar-refractivity contribution >= 4 is 11.9 Å². The van der Waals surface area contributed by atoms with E-state index >= 15 is 0 Å². The topological polar surface area (TPSA) is 77.8 Å². The lowest BCUT2D eigenvalue weighted by Crippen LogP contribution is -2.43. The Labute approximate surface area is 95.1 Å². The molecule has 0 aromatic carbocycles. The van der Waals surface area contributed by atoms with Crippen LogP contribution in [0.5, 0.6) is 0 Å². The molecule has 0 saturated carbocycles. The number of nitrogens with zero attached hydrogens (tertiary/aromatic N) is 1. The second-order valence-corrected chi connectivity index (χ2v) is 4.74. The van der Waals surface area contributed by atoms with Crippen LogP contribution < -0.4 is 0 Å². The Morgan fingerprint density at radius 3 is 2.25 bits per heavy atom. The molecule has 0 aromatic rings. The summed E-state index contributed by atoms with van der Waals surface area (Å²) in [6.07, 6.45) is 1.53. The first-order valence-corrected chi connectivity index (χ1v) is 5.57. The summed E-state index contributed by atoms with van der Waals surface area (Å²) in [5.41, 5.74) is -0.0798. The van der Waals surface area contributed by atoms with Crippen molar-refractivity contribution in [2.75, 3.05) is 19.7 Å². The predicted molar refractivity (Wildman–Crippen MR) is 57.9 cm³/mol. The zero-order valence-electron chi connectivity index (χ0n) is 9.61. The van der Waals surface area contributed by atoms with E-state index in [4.69, 9.17) is 5.11 Å². The highest BCUT2D eigenvalue weighted by Crippen LogP contribution is 2.30. The van der Waals surface area contributed by atoms with Crippen LogP contribution in [0.1, 0.15) is 32.6 Å². The van der Waals surface area contributed by atoms with Gasteiger partial charge in [0.1, 0.15) is 0 Å². The van der Waals surface area contributed by atoms with E-state index in [1.54, 1.807) is 4.90 Å². The number of hydrogen-bond acceptors (Lipinski definition) is 3. The van der Waals surface area contributed by atoms with Crippen LogP contribution in [0, 0.1) is 5.41 Å². The highest BCUT2D eigenvalue weighted by atomic mass is 16.4. The molecule has 1 aliphatic heterocycles. The zero-order valence-corrected chi connectivity index (χ0v) is 9.61. The Hall–Kier alpha value is -1.10. The van der Waals surface area contributed by atoms with E-state index in [2.05, 4.69) is 0 Å². The number of carboxylic acids is 1. The molecular formula is C11H19NO4. The van der Waals surface area contributed by atoms with Crippen LogP contribution in [0.15, 0.2) is 0 Å². The molecule has 2 N–H and O–H groups in total. The molecule has 5 nitrogen and oxygen atoms in total. The fourth-order valence-corrected chi connectivity index (χ4v) is 1.83. The van der Waals surface area contributed by atoms with Crippen molar-refractivity contribution in [3.63, 3.8) is 0 Å². The van der Waals surface area contributed by atoms with Crippen LogP contribution >= 0.6 is 0 Å². The molecule has 1 heterocycles. The molecule has 0 bridgehead atoms. The van der Waals surface area contributed by atoms with Gasteiger partial charge in [0.05, 0.1) is 6.42 Å². The van der Waals surface area contributed by atoms with Crippen molar-refractivity contribution in [1.82, 2.24) is 4.90 Å². The molecule has 1 amide bonds. The lowest BCUT2D eigenvalue weighted by Gasteiger charge is -2.38. The molecule has 1 aliphatic rings. The Morgan fingerprint density at radius 2 is 1.81 bits per heavy atom. The summed E-state index contributed by atoms with van der Waals surface area (Å²) >= 11 is 0. The van der Waals surface area contributed by atoms with E-state index in [0.717, 1.165) is 12.8 Å². The third kappa shape index (κ3) is 3.48. The number of aliphatic hydroxyl groups is 1. The van der Waals surface area contributed by atoms with Gasteiger partial charge in [-0.15, -0.1) is 0 Å². The summed E-state index contributed by atoms with van der Waals surface area (Å²) in [5, 5.41) is 17.6. The van der Waals surface area contributed by atoms with Gasteiger partial charge >= 0.3 is 5.97 Å². The maximum Gasteiger partial charge on any atom is 0.303 e. The normalized spacial score (nSPS) is 19.5. The summed E-state index contributed by atoms with van der Waals surface area (Å²) < 4.78 is 0. The number of rotatable bonds is 4. The molecule has 1 fully saturated rings. The van der Waals surface area contributed by atoms with Crippen LogP contribution in [0.4, 0.5) is 0 Å². The highest BCUT2D eigenvalue weighted by Gasteiger charge is 2.31. The average Bonchev–Trinajstić information content (AvgIpc) is 2.27. The van der Waals surface area contributed by atoms with Gasteiger partial charge < -0.3 is 15.1 Å². The number of aliphatic carboxylic acids is 1. The third-order valence-corrected chi connectivity index (χ3v) is 3.26. The standard InChI is InChI=1S/C11H19NO4/c1-11(8-13)4-6-12(7-5-11)9(14)2-3-10(15)16/h13H,2-8H2,1H3,(H,15,16). The number of carbonyl (C=O) groups is 2. The summed E-state index contributed by atoms with van der Waals surface area (Å²) in [6.45, 7) is 3.39. The highest BCUT2D eigenvalue weighted by molar-refractivity contribution is 5.80. The van der Waals surface area contributed by atoms with Crippen molar-refractivity contribution in [2.24, 2.45) is 5.41 Å². The molecule has 5 heteroatoms. The van der Waals surface area contributed by atoms with Gasteiger partial charge in [0, 0.05) is 26.1 Å². The van der Waals surface area contributed by atoms with Crippen LogP contribution in [-0.4, -0.2) is 46.7 Å². The molecule has 0 unspecified atom stereocenters. The molecule has 0 atom stereocenters. The molecule has 0 aliphatic carbocycles. The first-order valence-electron chi connectivity index (χ1n) is 5.57. The van der Waals surface area contributed by atoms with Gasteiger partial charge in [0.15, 0.2) is 0 Å². The number of hydrogen-bond donors (Lipinski definition) is 2. The maximum atomic E-state index is 11.6. The minimum absolute atomic E-state index is 0.0746. The second-order valence-electron chi connectivity index (χ2n) is 4.74. The summed E-state index contributed by atoms with van der Waals surface area (Å²) in [6, 6.07) is 0. The van der Waals surface area contributed by atoms with Gasteiger partial charge in [-0.3, -0.25) is 9.59 Å². The minimum Gasteiger partial charge on any atom is -0.481 e. The lowest BCUT2D eigenvalue weighted by atomic mass is 9.81. The van der Waals surface area contributed by atoms with Gasteiger partial charge in [0.2, 0.25) is 5.91 Å². The van der Waals surface area contributed by atoms with E-state index in [0.29, 0.717) is 13.1 Å². The number of likely N-dealkylation sites (tertiary alicyclic amines) is 1. The van der Waals surface area contributed by atoms with Gasteiger partial charge in [0.25, 0.3) is 0 Å². The molecular weight excluding hydrogens is 210 g/mol. The van der Waals surface area contributed by atoms with Crippen molar-refractivity contribution in [3.8, 4) is 0 Å². The fraction of sp³-hybridized carbons (Fsp3) is 0.818. The second kappa shape index (κ2) is 5.30. The molecule has 1 rings (SSSR count). The van der Waals surface area contributed by atoms with E-state index in [-0.39, 0.29) is 30.8 Å². The summed E-state index contributed by atoms with van der Waals surface area (Å²) in [7, 11) is 0. The molecule has 16 heavy (non-hydrogen) atoms. The molecule has 0 aromatic heterocycles. The summed E-state index contributed by atoms with van der Waals surface area (Å²) in [5.74, 6) is -1.03. The van der Waals surface area contributed by atoms with Gasteiger partial charge in [-0.05, 0) is 18.3 Å². The van der Waals surface area contributed by atoms with Crippen LogP contribution in [0.25, 0.3) is 0 Å². The number of aliphatic hydroxyl groups excluding tert-OH is 1. The van der Waals surface area contributed by atoms with Crippen molar-refractivity contribution < 1.29 is 19.8 Å². The predicted octanol–water partition coefficient (Wildman–Crippen LogP) is 0.472. The maximum absolute atomic E-state index is 11.6. The van der Waals surface area contributed by atoms with Crippen LogP contribution in [0.3, 0.4) is 0 Å². The van der Waals surface area contributed by atoms with Crippen LogP contribution in [-0.2, 0) is 9.59 Å². The Morgan fingerprint density at radius 1 is 1.25 bits per heavy atom. The van der Waals surface area contributed by atoms with Crippen molar-refractivity contribution in [3.05, 3.63) is 0 Å². The molecule has 0 spiro atoms. The zero-order chi connectivity index (χ0) is 12.2. The first kappa shape index (κ1) is 13.0. The SMILES string of the molecule is CC1(CO)CCN(C(=O)CCC(=O)O)CC1. The van der Waals surface area contributed by atoms with Crippen LogP contribution in [0.2, 0.25) is 0 Å². The Bertz CT molecular complexity index is 269. The van der Waals surface area contributed by atoms with Crippen molar-refractivity contribution in [1.29, 1.82) is 0 Å². The fourth-order valence-electron chi connectivity index (χ4n) is 1.83. The summed E-state index contributed by atoms with van der Waals surface area (Å²) in [4.78, 5) is 23.6. The van der Waals surface area contributed by atoms with Crippen molar-refractivity contribution in [2.45, 2.75) is 32.6 Å². The molecule has 92 valence electrons. The smallest absolute Gasteiger partial charge is 0.303 e. The van der Waals surface area contributed by atoms with E-state index in [1.165, 1.54) is 0 Å². The first-order chi connectivity index (χ1) is 7.47. The molecule has 1 saturated heterocycles. The largest absolute Gasteiger partial charge is 0.481 e. The van der Waals surface area contributed by atoms with Gasteiger partial charge in [-0.25, -0.2) is 0 Å². The number of piperidine rings is 1.